The van der Waals surface area contributed by atoms with E-state index in [0.29, 0.717) is 16.4 Å². The molecule has 0 bridgehead atoms. The third-order valence-corrected chi connectivity index (χ3v) is 5.61. The quantitative estimate of drug-likeness (QED) is 0.427. The fourth-order valence-electron chi connectivity index (χ4n) is 3.45. The number of para-hydroxylation sites is 1. The number of nitrogens with one attached hydrogen (secondary N) is 2. The average molecular weight is 483 g/mol. The van der Waals surface area contributed by atoms with Crippen molar-refractivity contribution in [1.82, 2.24) is 20.4 Å². The second-order valence-corrected chi connectivity index (χ2v) is 8.11. The second kappa shape index (κ2) is 8.41. The third-order valence-electron chi connectivity index (χ3n) is 4.87. The molecule has 2 N–H and O–H groups in total. The van der Waals surface area contributed by atoms with Gasteiger partial charge >= 0.3 is 5.97 Å². The number of methoxy groups -OCH3 is 1. The highest BCUT2D eigenvalue weighted by Crippen LogP contribution is 2.35. The van der Waals surface area contributed by atoms with Gasteiger partial charge in [0.15, 0.2) is 5.11 Å². The average Bonchev–Trinajstić information content (AvgIpc) is 3.19. The van der Waals surface area contributed by atoms with Crippen molar-refractivity contribution >= 4 is 39.2 Å². The third kappa shape index (κ3) is 3.88. The van der Waals surface area contributed by atoms with Crippen molar-refractivity contribution in [3.63, 3.8) is 0 Å². The minimum atomic E-state index is -0.498. The maximum absolute atomic E-state index is 12.6. The van der Waals surface area contributed by atoms with E-state index < -0.39 is 12.0 Å². The number of ether oxygens (including phenoxy) is 1. The summed E-state index contributed by atoms with van der Waals surface area (Å²) in [4.78, 5) is 12.6. The molecule has 3 aromatic rings. The summed E-state index contributed by atoms with van der Waals surface area (Å²) in [5.74, 6) is -0.422. The van der Waals surface area contributed by atoms with Crippen LogP contribution < -0.4 is 10.6 Å². The topological polar surface area (TPSA) is 68.2 Å². The largest absolute Gasteiger partial charge is 0.466 e. The molecule has 0 spiro atoms. The molecular weight excluding hydrogens is 464 g/mol. The zero-order valence-corrected chi connectivity index (χ0v) is 18.8. The zero-order valence-electron chi connectivity index (χ0n) is 16.3. The summed E-state index contributed by atoms with van der Waals surface area (Å²) < 4.78 is 7.83. The summed E-state index contributed by atoms with van der Waals surface area (Å²) in [7, 11) is 1.37. The van der Waals surface area contributed by atoms with E-state index in [1.54, 1.807) is 0 Å². The van der Waals surface area contributed by atoms with Gasteiger partial charge in [0.2, 0.25) is 0 Å². The van der Waals surface area contributed by atoms with Gasteiger partial charge in [-0.15, -0.1) is 0 Å². The van der Waals surface area contributed by atoms with Gasteiger partial charge in [0, 0.05) is 27.5 Å². The van der Waals surface area contributed by atoms with Crippen LogP contribution >= 0.6 is 28.1 Å². The van der Waals surface area contributed by atoms with Crippen LogP contribution in [0.5, 0.6) is 0 Å². The molecule has 2 aromatic carbocycles. The molecule has 0 fully saturated rings. The lowest BCUT2D eigenvalue weighted by molar-refractivity contribution is -0.136. The first-order valence-corrected chi connectivity index (χ1v) is 10.5. The van der Waals surface area contributed by atoms with Gasteiger partial charge in [0.05, 0.1) is 30.1 Å². The van der Waals surface area contributed by atoms with Crippen LogP contribution in [0.2, 0.25) is 0 Å². The summed E-state index contributed by atoms with van der Waals surface area (Å²) in [6.45, 7) is 1.81. The van der Waals surface area contributed by atoms with Crippen molar-refractivity contribution < 1.29 is 9.53 Å². The van der Waals surface area contributed by atoms with E-state index in [0.717, 1.165) is 27.0 Å². The molecule has 0 saturated heterocycles. The monoisotopic (exact) mass is 482 g/mol. The molecule has 0 unspecified atom stereocenters. The summed E-state index contributed by atoms with van der Waals surface area (Å²) in [6, 6.07) is 17.2. The molecule has 1 aliphatic rings. The Kier molecular flexibility index (Phi) is 5.69. The molecule has 0 aliphatic carbocycles. The smallest absolute Gasteiger partial charge is 0.337 e. The maximum atomic E-state index is 12.6. The number of halogens is 1. The normalized spacial score (nSPS) is 16.1. The van der Waals surface area contributed by atoms with E-state index in [2.05, 4.69) is 26.6 Å². The maximum Gasteiger partial charge on any atom is 0.337 e. The lowest BCUT2D eigenvalue weighted by Gasteiger charge is -2.29. The highest BCUT2D eigenvalue weighted by Gasteiger charge is 2.33. The number of rotatable bonds is 4. The number of thiocarbonyl (C=S) groups is 1. The number of benzene rings is 2. The fourth-order valence-corrected chi connectivity index (χ4v) is 3.99. The Morgan fingerprint density at radius 1 is 1.17 bits per heavy atom. The van der Waals surface area contributed by atoms with Crippen molar-refractivity contribution in [2.75, 3.05) is 7.11 Å². The molecular formula is C22H19BrN4O2S. The number of hydrogen-bond acceptors (Lipinski definition) is 4. The predicted molar refractivity (Wildman–Crippen MR) is 123 cm³/mol. The number of esters is 1. The molecule has 2 heterocycles. The predicted octanol–water partition coefficient (Wildman–Crippen LogP) is 4.27. The minimum absolute atomic E-state index is 0.422. The highest BCUT2D eigenvalue weighted by molar-refractivity contribution is 9.10. The Labute approximate surface area is 188 Å². The van der Waals surface area contributed by atoms with E-state index in [1.165, 1.54) is 7.11 Å². The van der Waals surface area contributed by atoms with Crippen molar-refractivity contribution in [2.24, 2.45) is 0 Å². The number of aromatic nitrogens is 2. The lowest BCUT2D eigenvalue weighted by atomic mass is 9.94. The molecule has 1 atom stereocenters. The van der Waals surface area contributed by atoms with Gasteiger partial charge in [-0.05, 0) is 43.4 Å². The SMILES string of the molecule is COC(=O)C1=C(C)NC(=S)N[C@@H]1c1cn(-c2ccccc2)nc1-c1ccc(Br)cc1. The second-order valence-electron chi connectivity index (χ2n) is 6.78. The number of hydrogen-bond donors (Lipinski definition) is 2. The van der Waals surface area contributed by atoms with Gasteiger partial charge < -0.3 is 15.4 Å². The van der Waals surface area contributed by atoms with Gasteiger partial charge in [0.1, 0.15) is 0 Å². The van der Waals surface area contributed by atoms with Crippen LogP contribution in [0.4, 0.5) is 0 Å². The molecule has 8 heteroatoms. The fraction of sp³-hybridized carbons (Fsp3) is 0.136. The van der Waals surface area contributed by atoms with E-state index in [9.17, 15) is 4.79 Å². The Balaban J connectivity index is 1.92. The van der Waals surface area contributed by atoms with Crippen LogP contribution in [-0.2, 0) is 9.53 Å². The van der Waals surface area contributed by atoms with Gasteiger partial charge in [0.25, 0.3) is 0 Å². The first-order chi connectivity index (χ1) is 14.5. The van der Waals surface area contributed by atoms with Crippen LogP contribution in [0.25, 0.3) is 16.9 Å². The van der Waals surface area contributed by atoms with Gasteiger partial charge in [-0.25, -0.2) is 9.48 Å². The Bertz CT molecular complexity index is 1140. The molecule has 30 heavy (non-hydrogen) atoms. The van der Waals surface area contributed by atoms with Crippen LogP contribution in [0, 0.1) is 0 Å². The van der Waals surface area contributed by atoms with Crippen LogP contribution in [0.1, 0.15) is 18.5 Å². The molecule has 0 amide bonds. The number of carbonyl (C=O) groups is 1. The van der Waals surface area contributed by atoms with E-state index >= 15 is 0 Å². The van der Waals surface area contributed by atoms with Crippen molar-refractivity contribution in [3.05, 3.63) is 82.1 Å². The Morgan fingerprint density at radius 3 is 2.53 bits per heavy atom. The van der Waals surface area contributed by atoms with E-state index in [1.807, 2.05) is 72.4 Å². The molecule has 1 aromatic heterocycles. The van der Waals surface area contributed by atoms with Crippen LogP contribution in [0.3, 0.4) is 0 Å². The first kappa shape index (κ1) is 20.3. The summed E-state index contributed by atoms with van der Waals surface area (Å²) in [5, 5.41) is 11.5. The van der Waals surface area contributed by atoms with Crippen LogP contribution in [-0.4, -0.2) is 28.0 Å². The molecule has 0 saturated carbocycles. The summed E-state index contributed by atoms with van der Waals surface area (Å²) >= 11 is 8.85. The molecule has 6 nitrogen and oxygen atoms in total. The first-order valence-electron chi connectivity index (χ1n) is 9.25. The van der Waals surface area contributed by atoms with E-state index in [4.69, 9.17) is 22.1 Å². The van der Waals surface area contributed by atoms with Crippen molar-refractivity contribution in [1.29, 1.82) is 0 Å². The minimum Gasteiger partial charge on any atom is -0.466 e. The molecule has 4 rings (SSSR count). The summed E-state index contributed by atoms with van der Waals surface area (Å²) in [6.07, 6.45) is 1.93. The van der Waals surface area contributed by atoms with E-state index in [-0.39, 0.29) is 0 Å². The standard InChI is InChI=1S/C22H19BrN4O2S/c1-13-18(21(28)29-2)20(25-22(30)24-13)17-12-27(16-6-4-3-5-7-16)26-19(17)14-8-10-15(23)11-9-14/h3-12,20H,1-2H3,(H2,24,25,30)/t20-/m1/s1. The number of carbonyl (C=O) groups excluding carboxylic acids is 1. The Morgan fingerprint density at radius 2 is 1.87 bits per heavy atom. The van der Waals surface area contributed by atoms with Crippen LogP contribution in [0.15, 0.2) is 76.5 Å². The van der Waals surface area contributed by atoms with Crippen molar-refractivity contribution in [3.8, 4) is 16.9 Å². The molecule has 0 radical (unpaired) electrons. The van der Waals surface area contributed by atoms with Gasteiger partial charge in [-0.1, -0.05) is 46.3 Å². The summed E-state index contributed by atoms with van der Waals surface area (Å²) in [5.41, 5.74) is 4.55. The molecule has 1 aliphatic heterocycles. The Hall–Kier alpha value is -2.97. The number of allylic oxidation sites excluding steroid dienone is 1. The van der Waals surface area contributed by atoms with Gasteiger partial charge in [-0.2, -0.15) is 5.10 Å². The highest BCUT2D eigenvalue weighted by atomic mass is 79.9. The molecule has 152 valence electrons. The van der Waals surface area contributed by atoms with Crippen molar-refractivity contribution in [2.45, 2.75) is 13.0 Å². The number of nitrogens with zero attached hydrogens (tertiary/aromatic N) is 2. The van der Waals surface area contributed by atoms with Gasteiger partial charge in [-0.3, -0.25) is 0 Å². The zero-order chi connectivity index (χ0) is 21.3. The lowest BCUT2D eigenvalue weighted by Crippen LogP contribution is -2.45.